The molecule has 2 amide bonds. The predicted octanol–water partition coefficient (Wildman–Crippen LogP) is 6.10. The van der Waals surface area contributed by atoms with E-state index in [1.807, 2.05) is 54.6 Å². The summed E-state index contributed by atoms with van der Waals surface area (Å²) in [6, 6.07) is 19.4. The van der Waals surface area contributed by atoms with Crippen molar-refractivity contribution in [1.29, 1.82) is 0 Å². The number of nitrogens with zero attached hydrogens (tertiary/aromatic N) is 2. The molecule has 1 fully saturated rings. The van der Waals surface area contributed by atoms with E-state index < -0.39 is 34.3 Å². The van der Waals surface area contributed by atoms with Gasteiger partial charge in [-0.2, -0.15) is 0 Å². The molecule has 0 saturated heterocycles. The van der Waals surface area contributed by atoms with E-state index in [9.17, 15) is 22.4 Å². The van der Waals surface area contributed by atoms with Crippen molar-refractivity contribution in [1.82, 2.24) is 10.2 Å². The van der Waals surface area contributed by atoms with E-state index >= 15 is 0 Å². The van der Waals surface area contributed by atoms with Gasteiger partial charge in [0.25, 0.3) is 0 Å². The van der Waals surface area contributed by atoms with Crippen molar-refractivity contribution < 1.29 is 22.4 Å². The van der Waals surface area contributed by atoms with Gasteiger partial charge in [0, 0.05) is 23.5 Å². The Morgan fingerprint density at radius 2 is 1.67 bits per heavy atom. The Morgan fingerprint density at radius 3 is 2.29 bits per heavy atom. The molecule has 4 rings (SSSR count). The molecular formula is C31H34BrClFN3O4S. The maximum atomic E-state index is 14.1. The Morgan fingerprint density at radius 1 is 1.00 bits per heavy atom. The number of anilines is 1. The first-order valence-corrected chi connectivity index (χ1v) is 16.8. The summed E-state index contributed by atoms with van der Waals surface area (Å²) in [5.74, 6) is -1.57. The van der Waals surface area contributed by atoms with Crippen LogP contribution in [0.4, 0.5) is 10.1 Å². The largest absolute Gasteiger partial charge is 0.352 e. The van der Waals surface area contributed by atoms with Crippen molar-refractivity contribution in [3.05, 3.63) is 99.2 Å². The number of amides is 2. The van der Waals surface area contributed by atoms with Gasteiger partial charge in [-0.05, 0) is 54.3 Å². The smallest absolute Gasteiger partial charge is 0.244 e. The predicted molar refractivity (Wildman–Crippen MR) is 167 cm³/mol. The summed E-state index contributed by atoms with van der Waals surface area (Å²) in [5, 5.41) is 2.90. The molecule has 1 atom stereocenters. The molecular weight excluding hydrogens is 645 g/mol. The van der Waals surface area contributed by atoms with Crippen LogP contribution in [-0.4, -0.2) is 50.0 Å². The highest BCUT2D eigenvalue weighted by Crippen LogP contribution is 2.26. The molecule has 7 nitrogen and oxygen atoms in total. The average Bonchev–Trinajstić information content (AvgIpc) is 2.96. The molecule has 1 N–H and O–H groups in total. The third-order valence-electron chi connectivity index (χ3n) is 7.36. The zero-order valence-electron chi connectivity index (χ0n) is 23.3. The van der Waals surface area contributed by atoms with E-state index in [0.717, 1.165) is 64.3 Å². The number of halogens is 3. The summed E-state index contributed by atoms with van der Waals surface area (Å²) in [6.45, 7) is -0.525. The van der Waals surface area contributed by atoms with Crippen molar-refractivity contribution in [2.45, 2.75) is 57.2 Å². The summed E-state index contributed by atoms with van der Waals surface area (Å²) < 4.78 is 41.4. The molecule has 0 heterocycles. The van der Waals surface area contributed by atoms with Crippen LogP contribution in [0.1, 0.15) is 43.2 Å². The number of hydrogen-bond acceptors (Lipinski definition) is 4. The van der Waals surface area contributed by atoms with Crippen LogP contribution >= 0.6 is 27.5 Å². The van der Waals surface area contributed by atoms with Gasteiger partial charge in [0.1, 0.15) is 18.4 Å². The summed E-state index contributed by atoms with van der Waals surface area (Å²) in [5.41, 5.74) is 1.68. The fourth-order valence-electron chi connectivity index (χ4n) is 5.14. The fourth-order valence-corrected chi connectivity index (χ4v) is 6.42. The third-order valence-corrected chi connectivity index (χ3v) is 9.32. The van der Waals surface area contributed by atoms with Gasteiger partial charge in [-0.1, -0.05) is 89.3 Å². The summed E-state index contributed by atoms with van der Waals surface area (Å²) in [7, 11) is -3.98. The van der Waals surface area contributed by atoms with E-state index in [0.29, 0.717) is 0 Å². The Balaban J connectivity index is 1.72. The molecule has 1 unspecified atom stereocenters. The molecule has 1 aliphatic rings. The normalized spacial score (nSPS) is 14.7. The fraction of sp³-hybridized carbons (Fsp3) is 0.355. The first kappa shape index (κ1) is 32.0. The number of benzene rings is 3. The van der Waals surface area contributed by atoms with Gasteiger partial charge in [0.15, 0.2) is 0 Å². The van der Waals surface area contributed by atoms with Crippen LogP contribution in [0.5, 0.6) is 0 Å². The van der Waals surface area contributed by atoms with Gasteiger partial charge in [-0.3, -0.25) is 13.9 Å². The number of carbonyl (C=O) groups is 2. The first-order chi connectivity index (χ1) is 20.0. The van der Waals surface area contributed by atoms with Crippen LogP contribution in [-0.2, 0) is 32.6 Å². The quantitative estimate of drug-likeness (QED) is 0.266. The van der Waals surface area contributed by atoms with Gasteiger partial charge < -0.3 is 10.2 Å². The zero-order chi connectivity index (χ0) is 30.3. The number of hydrogen-bond donors (Lipinski definition) is 1. The van der Waals surface area contributed by atoms with Gasteiger partial charge >= 0.3 is 0 Å². The standard InChI is InChI=1S/C31H34BrClFN3O4S/c1-42(40,41)37(26-16-17-28(34)27(33)19-26)21-30(38)36(20-23-12-14-24(32)15-13-23)29(18-22-8-4-2-5-9-22)31(39)35-25-10-6-3-7-11-25/h2,4-5,8-9,12-17,19,25,29H,3,6-7,10-11,18,20-21H2,1H3,(H,35,39). The zero-order valence-corrected chi connectivity index (χ0v) is 26.5. The van der Waals surface area contributed by atoms with Gasteiger partial charge in [-0.25, -0.2) is 12.8 Å². The highest BCUT2D eigenvalue weighted by molar-refractivity contribution is 9.10. The molecule has 0 aliphatic heterocycles. The maximum Gasteiger partial charge on any atom is 0.244 e. The molecule has 0 bridgehead atoms. The van der Waals surface area contributed by atoms with E-state index in [1.165, 1.54) is 17.0 Å². The molecule has 224 valence electrons. The lowest BCUT2D eigenvalue weighted by molar-refractivity contribution is -0.140. The summed E-state index contributed by atoms with van der Waals surface area (Å²) in [4.78, 5) is 29.5. The van der Waals surface area contributed by atoms with E-state index in [-0.39, 0.29) is 35.6 Å². The Bertz CT molecular complexity index is 1490. The molecule has 1 aliphatic carbocycles. The third kappa shape index (κ3) is 8.78. The lowest BCUT2D eigenvalue weighted by Gasteiger charge is -2.35. The second-order valence-electron chi connectivity index (χ2n) is 10.6. The lowest BCUT2D eigenvalue weighted by Crippen LogP contribution is -2.55. The SMILES string of the molecule is CS(=O)(=O)N(CC(=O)N(Cc1ccc(Br)cc1)C(Cc1ccccc1)C(=O)NC1CCCCC1)c1ccc(F)c(Cl)c1. The second kappa shape index (κ2) is 14.5. The molecule has 0 radical (unpaired) electrons. The molecule has 1 saturated carbocycles. The number of sulfonamides is 1. The molecule has 11 heteroatoms. The topological polar surface area (TPSA) is 86.8 Å². The van der Waals surface area contributed by atoms with Crippen molar-refractivity contribution >= 4 is 55.1 Å². The molecule has 0 aromatic heterocycles. The van der Waals surface area contributed by atoms with Crippen molar-refractivity contribution in [2.24, 2.45) is 0 Å². The van der Waals surface area contributed by atoms with Crippen LogP contribution in [0.25, 0.3) is 0 Å². The van der Waals surface area contributed by atoms with Crippen molar-refractivity contribution in [3.63, 3.8) is 0 Å². The molecule has 3 aromatic rings. The van der Waals surface area contributed by atoms with Crippen LogP contribution in [0.3, 0.4) is 0 Å². The number of carbonyl (C=O) groups excluding carboxylic acids is 2. The van der Waals surface area contributed by atoms with Crippen LogP contribution in [0.15, 0.2) is 77.3 Å². The lowest BCUT2D eigenvalue weighted by atomic mass is 9.94. The van der Waals surface area contributed by atoms with Crippen LogP contribution in [0.2, 0.25) is 5.02 Å². The van der Waals surface area contributed by atoms with E-state index in [2.05, 4.69) is 21.2 Å². The van der Waals surface area contributed by atoms with Crippen molar-refractivity contribution in [3.8, 4) is 0 Å². The Labute approximate surface area is 260 Å². The number of nitrogens with one attached hydrogen (secondary N) is 1. The van der Waals surface area contributed by atoms with Crippen LogP contribution < -0.4 is 9.62 Å². The van der Waals surface area contributed by atoms with Gasteiger partial charge in [-0.15, -0.1) is 0 Å². The second-order valence-corrected chi connectivity index (χ2v) is 13.8. The van der Waals surface area contributed by atoms with Gasteiger partial charge in [0.05, 0.1) is 17.0 Å². The van der Waals surface area contributed by atoms with Crippen molar-refractivity contribution in [2.75, 3.05) is 17.1 Å². The summed E-state index contributed by atoms with van der Waals surface area (Å²) in [6.07, 6.45) is 6.13. The highest BCUT2D eigenvalue weighted by Gasteiger charge is 2.34. The van der Waals surface area contributed by atoms with Gasteiger partial charge in [0.2, 0.25) is 21.8 Å². The average molecular weight is 679 g/mol. The van der Waals surface area contributed by atoms with E-state index in [1.54, 1.807) is 0 Å². The minimum atomic E-state index is -3.98. The highest BCUT2D eigenvalue weighted by atomic mass is 79.9. The molecule has 3 aromatic carbocycles. The monoisotopic (exact) mass is 677 g/mol. The van der Waals surface area contributed by atoms with Crippen LogP contribution in [0, 0.1) is 5.82 Å². The Kier molecular flexibility index (Phi) is 11.0. The van der Waals surface area contributed by atoms with E-state index in [4.69, 9.17) is 11.6 Å². The maximum absolute atomic E-state index is 14.1. The minimum Gasteiger partial charge on any atom is -0.352 e. The first-order valence-electron chi connectivity index (χ1n) is 13.8. The number of rotatable bonds is 11. The summed E-state index contributed by atoms with van der Waals surface area (Å²) >= 11 is 9.38. The molecule has 0 spiro atoms. The minimum absolute atomic E-state index is 0.0167. The Hall–Kier alpha value is -2.95. The molecule has 42 heavy (non-hydrogen) atoms.